The molecule has 18 heavy (non-hydrogen) atoms. The predicted molar refractivity (Wildman–Crippen MR) is 77.4 cm³/mol. The summed E-state index contributed by atoms with van der Waals surface area (Å²) in [6.07, 6.45) is 4.87. The van der Waals surface area contributed by atoms with Gasteiger partial charge in [-0.15, -0.1) is 0 Å². The molecule has 0 aliphatic heterocycles. The van der Waals surface area contributed by atoms with Gasteiger partial charge in [0.05, 0.1) is 15.3 Å². The Labute approximate surface area is 129 Å². The molecule has 0 saturated heterocycles. The molecule has 0 aliphatic rings. The number of nitrogens with zero attached hydrogens (tertiary/aromatic N) is 2. The number of aromatic nitrogens is 2. The second kappa shape index (κ2) is 5.99. The molecule has 2 aromatic rings. The largest absolute Gasteiger partial charge is 0.423 e. The zero-order valence-corrected chi connectivity index (χ0v) is 13.7. The molecule has 2 rings (SSSR count). The second-order valence-electron chi connectivity index (χ2n) is 3.41. The molecule has 0 amide bonds. The van der Waals surface area contributed by atoms with E-state index in [1.807, 2.05) is 12.1 Å². The summed E-state index contributed by atoms with van der Waals surface area (Å²) in [4.78, 5) is 15.6. The summed E-state index contributed by atoms with van der Waals surface area (Å²) < 4.78 is 9.22. The summed E-state index contributed by atoms with van der Waals surface area (Å²) in [6, 6.07) is 3.62. The number of benzene rings is 1. The molecule has 7 heteroatoms. The van der Waals surface area contributed by atoms with Gasteiger partial charge in [-0.05, 0) is 44.0 Å². The Hall–Kier alpha value is -0.660. The van der Waals surface area contributed by atoms with E-state index < -0.39 is 0 Å². The summed E-state index contributed by atoms with van der Waals surface area (Å²) in [5, 5.41) is 0. The van der Waals surface area contributed by atoms with Gasteiger partial charge in [-0.1, -0.05) is 15.9 Å². The number of rotatable bonds is 3. The molecular weight excluding hydrogens is 432 g/mol. The monoisotopic (exact) mass is 436 g/mol. The molecule has 1 heterocycles. The number of hydrogen-bond acceptors (Lipinski definition) is 3. The van der Waals surface area contributed by atoms with Gasteiger partial charge >= 0.3 is 5.97 Å². The normalized spacial score (nSPS) is 10.4. The minimum absolute atomic E-state index is 0.120. The van der Waals surface area contributed by atoms with Crippen LogP contribution in [0, 0.1) is 0 Å². The van der Waals surface area contributed by atoms with E-state index in [0.29, 0.717) is 14.7 Å². The van der Waals surface area contributed by atoms with E-state index in [0.717, 1.165) is 4.47 Å². The lowest BCUT2D eigenvalue weighted by atomic mass is 10.3. The number of halogens is 3. The van der Waals surface area contributed by atoms with Crippen molar-refractivity contribution in [2.24, 2.45) is 0 Å². The number of imidazole rings is 1. The van der Waals surface area contributed by atoms with Crippen LogP contribution in [-0.4, -0.2) is 15.5 Å². The van der Waals surface area contributed by atoms with Crippen LogP contribution in [0.2, 0.25) is 0 Å². The van der Waals surface area contributed by atoms with Gasteiger partial charge in [0.25, 0.3) is 0 Å². The van der Waals surface area contributed by atoms with Crippen LogP contribution in [0.5, 0.6) is 5.75 Å². The highest BCUT2D eigenvalue weighted by Gasteiger charge is 2.13. The Kier molecular flexibility index (Phi) is 4.58. The van der Waals surface area contributed by atoms with E-state index in [2.05, 4.69) is 52.8 Å². The molecule has 94 valence electrons. The molecule has 0 N–H and O–H groups in total. The van der Waals surface area contributed by atoms with Crippen molar-refractivity contribution >= 4 is 53.8 Å². The smallest absolute Gasteiger partial charge is 0.331 e. The van der Waals surface area contributed by atoms with Crippen molar-refractivity contribution in [1.29, 1.82) is 0 Å². The summed E-state index contributed by atoms with van der Waals surface area (Å²) in [6.45, 7) is 0.120. The maximum atomic E-state index is 11.7. The predicted octanol–water partition coefficient (Wildman–Crippen LogP) is 3.78. The minimum Gasteiger partial charge on any atom is -0.423 e. The highest BCUT2D eigenvalue weighted by atomic mass is 79.9. The minimum atomic E-state index is -0.364. The molecule has 0 bridgehead atoms. The molecule has 0 radical (unpaired) electrons. The molecule has 0 fully saturated rings. The molecule has 0 saturated carbocycles. The van der Waals surface area contributed by atoms with Crippen LogP contribution in [0.3, 0.4) is 0 Å². The first-order chi connectivity index (χ1) is 8.56. The van der Waals surface area contributed by atoms with Gasteiger partial charge in [0.1, 0.15) is 6.54 Å². The van der Waals surface area contributed by atoms with Crippen molar-refractivity contribution in [3.8, 4) is 5.75 Å². The number of ether oxygens (including phenoxy) is 1. The van der Waals surface area contributed by atoms with Crippen LogP contribution in [0.15, 0.2) is 44.3 Å². The van der Waals surface area contributed by atoms with Gasteiger partial charge in [0.15, 0.2) is 5.75 Å². The Morgan fingerprint density at radius 2 is 1.94 bits per heavy atom. The van der Waals surface area contributed by atoms with Gasteiger partial charge in [-0.3, -0.25) is 0 Å². The second-order valence-corrected chi connectivity index (χ2v) is 6.03. The third kappa shape index (κ3) is 3.43. The maximum Gasteiger partial charge on any atom is 0.331 e. The quantitative estimate of drug-likeness (QED) is 0.541. The first-order valence-corrected chi connectivity index (χ1v) is 7.25. The van der Waals surface area contributed by atoms with Gasteiger partial charge in [0, 0.05) is 16.9 Å². The Morgan fingerprint density at radius 3 is 2.50 bits per heavy atom. The fourth-order valence-corrected chi connectivity index (χ4v) is 3.72. The highest BCUT2D eigenvalue weighted by Crippen LogP contribution is 2.36. The van der Waals surface area contributed by atoms with Crippen LogP contribution < -0.4 is 4.74 Å². The summed E-state index contributed by atoms with van der Waals surface area (Å²) in [5.74, 6) is 0.0973. The lowest BCUT2D eigenvalue weighted by Gasteiger charge is -2.09. The van der Waals surface area contributed by atoms with Gasteiger partial charge in [0.2, 0.25) is 0 Å². The Balaban J connectivity index is 2.12. The number of carbonyl (C=O) groups excluding carboxylic acids is 1. The van der Waals surface area contributed by atoms with Gasteiger partial charge in [-0.2, -0.15) is 0 Å². The molecule has 0 spiro atoms. The summed E-state index contributed by atoms with van der Waals surface area (Å²) >= 11 is 10.0. The van der Waals surface area contributed by atoms with Crippen LogP contribution >= 0.6 is 47.8 Å². The van der Waals surface area contributed by atoms with E-state index >= 15 is 0 Å². The Bertz CT molecular complexity index is 547. The molecule has 0 aliphatic carbocycles. The molecule has 0 unspecified atom stereocenters. The number of esters is 1. The van der Waals surface area contributed by atoms with Crippen molar-refractivity contribution in [1.82, 2.24) is 9.55 Å². The first-order valence-electron chi connectivity index (χ1n) is 4.87. The van der Waals surface area contributed by atoms with Crippen molar-refractivity contribution < 1.29 is 9.53 Å². The van der Waals surface area contributed by atoms with Crippen molar-refractivity contribution in [2.75, 3.05) is 0 Å². The van der Waals surface area contributed by atoms with E-state index in [1.54, 1.807) is 23.3 Å². The molecule has 1 aromatic heterocycles. The number of hydrogen-bond donors (Lipinski definition) is 0. The van der Waals surface area contributed by atoms with E-state index in [9.17, 15) is 4.79 Å². The van der Waals surface area contributed by atoms with E-state index in [-0.39, 0.29) is 12.5 Å². The van der Waals surface area contributed by atoms with Crippen molar-refractivity contribution in [3.63, 3.8) is 0 Å². The standard InChI is InChI=1S/C11H7Br3N2O2/c12-7-3-8(13)11(9(14)4-7)18-10(17)5-16-2-1-15-6-16/h1-4,6H,5H2. The molecule has 4 nitrogen and oxygen atoms in total. The van der Waals surface area contributed by atoms with Crippen LogP contribution in [0.4, 0.5) is 0 Å². The van der Waals surface area contributed by atoms with Crippen molar-refractivity contribution in [2.45, 2.75) is 6.54 Å². The van der Waals surface area contributed by atoms with Crippen LogP contribution in [0.25, 0.3) is 0 Å². The van der Waals surface area contributed by atoms with E-state index in [4.69, 9.17) is 4.74 Å². The van der Waals surface area contributed by atoms with E-state index in [1.165, 1.54) is 0 Å². The maximum absolute atomic E-state index is 11.7. The fourth-order valence-electron chi connectivity index (χ4n) is 1.30. The summed E-state index contributed by atoms with van der Waals surface area (Å²) in [5.41, 5.74) is 0. The summed E-state index contributed by atoms with van der Waals surface area (Å²) in [7, 11) is 0. The highest BCUT2D eigenvalue weighted by molar-refractivity contribution is 9.11. The topological polar surface area (TPSA) is 44.1 Å². The van der Waals surface area contributed by atoms with Gasteiger partial charge < -0.3 is 9.30 Å². The molecular formula is C11H7Br3N2O2. The van der Waals surface area contributed by atoms with Crippen LogP contribution in [-0.2, 0) is 11.3 Å². The zero-order chi connectivity index (χ0) is 13.1. The first kappa shape index (κ1) is 13.8. The third-order valence-corrected chi connectivity index (χ3v) is 3.69. The van der Waals surface area contributed by atoms with Crippen molar-refractivity contribution in [3.05, 3.63) is 44.3 Å². The average molecular weight is 439 g/mol. The lowest BCUT2D eigenvalue weighted by Crippen LogP contribution is -2.15. The van der Waals surface area contributed by atoms with Gasteiger partial charge in [-0.25, -0.2) is 9.78 Å². The van der Waals surface area contributed by atoms with Crippen LogP contribution in [0.1, 0.15) is 0 Å². The molecule has 1 aromatic carbocycles. The fraction of sp³-hybridized carbons (Fsp3) is 0.0909. The SMILES string of the molecule is O=C(Cn1ccnc1)Oc1c(Br)cc(Br)cc1Br. The third-order valence-electron chi connectivity index (χ3n) is 2.05. The zero-order valence-electron chi connectivity index (χ0n) is 8.94. The average Bonchev–Trinajstić information content (AvgIpc) is 2.76. The Morgan fingerprint density at radius 1 is 1.28 bits per heavy atom. The molecule has 0 atom stereocenters. The lowest BCUT2D eigenvalue weighted by molar-refractivity contribution is -0.135. The number of carbonyl (C=O) groups is 1.